The smallest absolute Gasteiger partial charge is 0.257 e. The first-order chi connectivity index (χ1) is 14.7. The Morgan fingerprint density at radius 1 is 0.733 bits per heavy atom. The Morgan fingerprint density at radius 3 is 2.27 bits per heavy atom. The van der Waals surface area contributed by atoms with Gasteiger partial charge in [0.1, 0.15) is 0 Å². The van der Waals surface area contributed by atoms with Crippen molar-refractivity contribution in [3.05, 3.63) is 83.9 Å². The summed E-state index contributed by atoms with van der Waals surface area (Å²) in [7, 11) is 0. The number of hydrogen-bond acceptors (Lipinski definition) is 4. The van der Waals surface area contributed by atoms with Crippen molar-refractivity contribution in [2.24, 2.45) is 0 Å². The first-order valence-electron chi connectivity index (χ1n) is 10.1. The second kappa shape index (κ2) is 7.55. The molecule has 1 fully saturated rings. The average Bonchev–Trinajstić information content (AvgIpc) is 2.94. The lowest BCUT2D eigenvalue weighted by molar-refractivity contribution is 0.0746. The van der Waals surface area contributed by atoms with Crippen LogP contribution in [0.5, 0.6) is 0 Å². The molecule has 0 atom stereocenters. The Labute approximate surface area is 175 Å². The van der Waals surface area contributed by atoms with Crippen LogP contribution in [0.2, 0.25) is 0 Å². The van der Waals surface area contributed by atoms with E-state index in [9.17, 15) is 9.59 Å². The number of carbonyl (C=O) groups is 2. The summed E-state index contributed by atoms with van der Waals surface area (Å²) < 4.78 is 0. The zero-order valence-corrected chi connectivity index (χ0v) is 16.5. The number of anilines is 4. The third-order valence-electron chi connectivity index (χ3n) is 5.64. The number of hydrogen-bond donors (Lipinski definition) is 2. The third kappa shape index (κ3) is 3.37. The van der Waals surface area contributed by atoms with Gasteiger partial charge in [0.2, 0.25) is 0 Å². The molecule has 3 aromatic rings. The maximum absolute atomic E-state index is 13.1. The Bertz CT molecular complexity index is 1110. The van der Waals surface area contributed by atoms with Crippen molar-refractivity contribution in [1.82, 2.24) is 4.90 Å². The SMILES string of the molecule is O=C1Nc2cc(C(=O)N3CCN(c4ccccc4)CC3)ccc2Nc2ccccc21. The molecule has 2 aliphatic heterocycles. The molecule has 2 aliphatic rings. The summed E-state index contributed by atoms with van der Waals surface area (Å²) >= 11 is 0. The third-order valence-corrected chi connectivity index (χ3v) is 5.64. The van der Waals surface area contributed by atoms with Crippen LogP contribution in [0.4, 0.5) is 22.7 Å². The molecule has 1 saturated heterocycles. The van der Waals surface area contributed by atoms with Crippen molar-refractivity contribution >= 4 is 34.6 Å². The van der Waals surface area contributed by atoms with Crippen LogP contribution < -0.4 is 15.5 Å². The molecule has 0 bridgehead atoms. The van der Waals surface area contributed by atoms with Crippen LogP contribution in [0.15, 0.2) is 72.8 Å². The Hall–Kier alpha value is -3.80. The maximum atomic E-state index is 13.1. The number of benzene rings is 3. The summed E-state index contributed by atoms with van der Waals surface area (Å²) in [4.78, 5) is 29.8. The van der Waals surface area contributed by atoms with Crippen LogP contribution in [-0.4, -0.2) is 42.9 Å². The minimum Gasteiger partial charge on any atom is -0.368 e. The number of nitrogens with one attached hydrogen (secondary N) is 2. The van der Waals surface area contributed by atoms with Gasteiger partial charge in [0.15, 0.2) is 0 Å². The highest BCUT2D eigenvalue weighted by Gasteiger charge is 2.24. The van der Waals surface area contributed by atoms with E-state index in [0.717, 1.165) is 24.5 Å². The van der Waals surface area contributed by atoms with Gasteiger partial charge in [-0.1, -0.05) is 30.3 Å². The van der Waals surface area contributed by atoms with Crippen molar-refractivity contribution in [3.8, 4) is 0 Å². The molecule has 0 unspecified atom stereocenters. The predicted molar refractivity (Wildman–Crippen MR) is 119 cm³/mol. The molecule has 5 rings (SSSR count). The second-order valence-electron chi connectivity index (χ2n) is 7.50. The van der Waals surface area contributed by atoms with Crippen molar-refractivity contribution < 1.29 is 9.59 Å². The number of carbonyl (C=O) groups excluding carboxylic acids is 2. The fourth-order valence-electron chi connectivity index (χ4n) is 4.00. The molecule has 0 aliphatic carbocycles. The van der Waals surface area contributed by atoms with Crippen LogP contribution in [0.3, 0.4) is 0 Å². The number of para-hydroxylation sites is 2. The van der Waals surface area contributed by atoms with Gasteiger partial charge in [0.05, 0.1) is 22.6 Å². The van der Waals surface area contributed by atoms with Crippen molar-refractivity contribution in [1.29, 1.82) is 0 Å². The van der Waals surface area contributed by atoms with E-state index in [1.165, 1.54) is 5.69 Å². The number of amides is 2. The molecule has 3 aromatic carbocycles. The first-order valence-corrected chi connectivity index (χ1v) is 10.1. The van der Waals surface area contributed by atoms with Crippen LogP contribution in [0, 0.1) is 0 Å². The van der Waals surface area contributed by atoms with Gasteiger partial charge in [-0.3, -0.25) is 9.59 Å². The van der Waals surface area contributed by atoms with Crippen molar-refractivity contribution in [3.63, 3.8) is 0 Å². The standard InChI is InChI=1S/C24H22N4O2/c29-23-19-8-4-5-9-20(19)25-21-11-10-17(16-22(21)26-23)24(30)28-14-12-27(13-15-28)18-6-2-1-3-7-18/h1-11,16,25H,12-15H2,(H,26,29). The van der Waals surface area contributed by atoms with Gasteiger partial charge in [0, 0.05) is 37.4 Å². The highest BCUT2D eigenvalue weighted by atomic mass is 16.2. The topological polar surface area (TPSA) is 64.7 Å². The van der Waals surface area contributed by atoms with Crippen molar-refractivity contribution in [2.45, 2.75) is 0 Å². The summed E-state index contributed by atoms with van der Waals surface area (Å²) in [6.45, 7) is 2.93. The Kier molecular flexibility index (Phi) is 4.59. The van der Waals surface area contributed by atoms with E-state index in [1.807, 2.05) is 53.4 Å². The van der Waals surface area contributed by atoms with Gasteiger partial charge >= 0.3 is 0 Å². The average molecular weight is 398 g/mol. The predicted octanol–water partition coefficient (Wildman–Crippen LogP) is 3.96. The molecule has 6 nitrogen and oxygen atoms in total. The highest BCUT2D eigenvalue weighted by molar-refractivity contribution is 6.12. The fraction of sp³-hybridized carbons (Fsp3) is 0.167. The molecule has 2 N–H and O–H groups in total. The van der Waals surface area contributed by atoms with Gasteiger partial charge in [0.25, 0.3) is 11.8 Å². The van der Waals surface area contributed by atoms with E-state index in [0.29, 0.717) is 29.9 Å². The van der Waals surface area contributed by atoms with Gasteiger partial charge < -0.3 is 20.4 Å². The molecule has 30 heavy (non-hydrogen) atoms. The van der Waals surface area contributed by atoms with E-state index in [1.54, 1.807) is 12.1 Å². The molecular weight excluding hydrogens is 376 g/mol. The van der Waals surface area contributed by atoms with E-state index in [-0.39, 0.29) is 11.8 Å². The zero-order valence-electron chi connectivity index (χ0n) is 16.5. The van der Waals surface area contributed by atoms with E-state index in [2.05, 4.69) is 27.7 Å². The number of fused-ring (bicyclic) bond motifs is 2. The molecular formula is C24H22N4O2. The number of piperazine rings is 1. The van der Waals surface area contributed by atoms with E-state index in [4.69, 9.17) is 0 Å². The van der Waals surface area contributed by atoms with E-state index >= 15 is 0 Å². The van der Waals surface area contributed by atoms with Gasteiger partial charge in [-0.2, -0.15) is 0 Å². The lowest BCUT2D eigenvalue weighted by atomic mass is 10.1. The first kappa shape index (κ1) is 18.2. The summed E-state index contributed by atoms with van der Waals surface area (Å²) in [6, 6.07) is 23.1. The second-order valence-corrected chi connectivity index (χ2v) is 7.50. The van der Waals surface area contributed by atoms with Crippen LogP contribution in [0.25, 0.3) is 0 Å². The van der Waals surface area contributed by atoms with Crippen molar-refractivity contribution in [2.75, 3.05) is 41.7 Å². The largest absolute Gasteiger partial charge is 0.368 e. The normalized spacial score (nSPS) is 15.4. The molecule has 0 aromatic heterocycles. The molecule has 0 saturated carbocycles. The molecule has 0 spiro atoms. The Balaban J connectivity index is 1.32. The minimum absolute atomic E-state index is 0.0125. The van der Waals surface area contributed by atoms with Gasteiger partial charge in [-0.05, 0) is 42.5 Å². The molecule has 6 heteroatoms. The molecule has 0 radical (unpaired) electrons. The van der Waals surface area contributed by atoms with Gasteiger partial charge in [-0.25, -0.2) is 0 Å². The van der Waals surface area contributed by atoms with Gasteiger partial charge in [-0.15, -0.1) is 0 Å². The zero-order chi connectivity index (χ0) is 20.5. The summed E-state index contributed by atoms with van der Waals surface area (Å²) in [5.41, 5.74) is 4.49. The fourth-order valence-corrected chi connectivity index (χ4v) is 4.00. The monoisotopic (exact) mass is 398 g/mol. The minimum atomic E-state index is -0.182. The highest BCUT2D eigenvalue weighted by Crippen LogP contribution is 2.33. The quantitative estimate of drug-likeness (QED) is 0.686. The summed E-state index contributed by atoms with van der Waals surface area (Å²) in [6.07, 6.45) is 0. The maximum Gasteiger partial charge on any atom is 0.257 e. The van der Waals surface area contributed by atoms with Crippen LogP contribution in [-0.2, 0) is 0 Å². The number of nitrogens with zero attached hydrogens (tertiary/aromatic N) is 2. The molecule has 2 heterocycles. The van der Waals surface area contributed by atoms with Crippen LogP contribution >= 0.6 is 0 Å². The summed E-state index contributed by atoms with van der Waals surface area (Å²) in [5.74, 6) is -0.195. The summed E-state index contributed by atoms with van der Waals surface area (Å²) in [5, 5.41) is 6.21. The molecule has 2 amide bonds. The number of rotatable bonds is 2. The lowest BCUT2D eigenvalue weighted by Gasteiger charge is -2.36. The Morgan fingerprint density at radius 2 is 1.47 bits per heavy atom. The van der Waals surface area contributed by atoms with Crippen LogP contribution in [0.1, 0.15) is 20.7 Å². The lowest BCUT2D eigenvalue weighted by Crippen LogP contribution is -2.48. The molecule has 150 valence electrons. The van der Waals surface area contributed by atoms with E-state index < -0.39 is 0 Å².